The van der Waals surface area contributed by atoms with Crippen molar-refractivity contribution in [2.24, 2.45) is 0 Å². The standard InChI is InChI=1S/C24H19N3/c25-16-15-20-9-7-8-14-23(20)24(27-18-17-26-19-27,21-10-3-1-4-11-21)22-12-5-2-6-13-22/h1-14,17-19H,15H2. The quantitative estimate of drug-likeness (QED) is 0.486. The van der Waals surface area contributed by atoms with Gasteiger partial charge in [0.1, 0.15) is 5.54 Å². The zero-order chi connectivity index (χ0) is 18.5. The second kappa shape index (κ2) is 7.31. The van der Waals surface area contributed by atoms with E-state index in [1.165, 1.54) is 0 Å². The molecule has 1 aromatic heterocycles. The highest BCUT2D eigenvalue weighted by atomic mass is 15.1. The van der Waals surface area contributed by atoms with Gasteiger partial charge < -0.3 is 4.57 Å². The molecule has 130 valence electrons. The van der Waals surface area contributed by atoms with Crippen LogP contribution in [0.4, 0.5) is 0 Å². The van der Waals surface area contributed by atoms with Crippen molar-refractivity contribution in [2.75, 3.05) is 0 Å². The molecule has 0 aliphatic carbocycles. The predicted octanol–water partition coefficient (Wildman–Crippen LogP) is 4.79. The smallest absolute Gasteiger partial charge is 0.121 e. The van der Waals surface area contributed by atoms with Gasteiger partial charge in [0.05, 0.1) is 18.8 Å². The molecule has 3 aromatic carbocycles. The molecule has 0 aliphatic rings. The first-order chi connectivity index (χ1) is 13.4. The van der Waals surface area contributed by atoms with Crippen LogP contribution in [0.1, 0.15) is 22.3 Å². The van der Waals surface area contributed by atoms with Gasteiger partial charge in [0.25, 0.3) is 0 Å². The summed E-state index contributed by atoms with van der Waals surface area (Å²) in [5.74, 6) is 0. The minimum absolute atomic E-state index is 0.353. The Bertz CT molecular complexity index is 1010. The Hall–Kier alpha value is -3.64. The average Bonchev–Trinajstić information content (AvgIpc) is 3.27. The fourth-order valence-corrected chi connectivity index (χ4v) is 3.84. The summed E-state index contributed by atoms with van der Waals surface area (Å²) in [6.45, 7) is 0. The molecule has 3 heteroatoms. The maximum Gasteiger partial charge on any atom is 0.121 e. The van der Waals surface area contributed by atoms with Gasteiger partial charge in [-0.3, -0.25) is 0 Å². The molecule has 0 amide bonds. The molecule has 0 saturated heterocycles. The topological polar surface area (TPSA) is 41.6 Å². The van der Waals surface area contributed by atoms with Crippen molar-refractivity contribution < 1.29 is 0 Å². The van der Waals surface area contributed by atoms with Crippen molar-refractivity contribution in [1.29, 1.82) is 5.26 Å². The third-order valence-electron chi connectivity index (χ3n) is 4.95. The fraction of sp³-hybridized carbons (Fsp3) is 0.0833. The Morgan fingerprint density at radius 3 is 1.96 bits per heavy atom. The molecule has 3 nitrogen and oxygen atoms in total. The minimum Gasteiger partial charge on any atom is -0.319 e. The van der Waals surface area contributed by atoms with Crippen molar-refractivity contribution in [2.45, 2.75) is 12.0 Å². The van der Waals surface area contributed by atoms with Crippen molar-refractivity contribution in [3.8, 4) is 6.07 Å². The summed E-state index contributed by atoms with van der Waals surface area (Å²) in [4.78, 5) is 4.34. The number of hydrogen-bond donors (Lipinski definition) is 0. The van der Waals surface area contributed by atoms with Gasteiger partial charge in [0.2, 0.25) is 0 Å². The summed E-state index contributed by atoms with van der Waals surface area (Å²) in [5.41, 5.74) is 3.74. The number of rotatable bonds is 5. The molecule has 4 aromatic rings. The third-order valence-corrected chi connectivity index (χ3v) is 4.95. The molecule has 0 radical (unpaired) electrons. The molecule has 0 saturated carbocycles. The Morgan fingerprint density at radius 1 is 0.815 bits per heavy atom. The number of nitriles is 1. The number of nitrogens with zero attached hydrogens (tertiary/aromatic N) is 3. The van der Waals surface area contributed by atoms with E-state index >= 15 is 0 Å². The molecule has 4 rings (SSSR count). The van der Waals surface area contributed by atoms with Gasteiger partial charge in [-0.05, 0) is 22.3 Å². The van der Waals surface area contributed by atoms with Crippen LogP contribution in [-0.4, -0.2) is 9.55 Å². The number of aromatic nitrogens is 2. The molecule has 0 aliphatic heterocycles. The first-order valence-electron chi connectivity index (χ1n) is 8.92. The Morgan fingerprint density at radius 2 is 1.41 bits per heavy atom. The lowest BCUT2D eigenvalue weighted by Gasteiger charge is -2.38. The van der Waals surface area contributed by atoms with E-state index in [1.807, 2.05) is 42.9 Å². The van der Waals surface area contributed by atoms with E-state index < -0.39 is 5.54 Å². The van der Waals surface area contributed by atoms with Gasteiger partial charge in [-0.1, -0.05) is 84.9 Å². The number of imidazole rings is 1. The molecule has 1 heterocycles. The Balaban J connectivity index is 2.15. The maximum atomic E-state index is 9.41. The van der Waals surface area contributed by atoms with Gasteiger partial charge >= 0.3 is 0 Å². The van der Waals surface area contributed by atoms with Crippen molar-refractivity contribution in [1.82, 2.24) is 9.55 Å². The van der Waals surface area contributed by atoms with Crippen LogP contribution in [-0.2, 0) is 12.0 Å². The lowest BCUT2D eigenvalue weighted by atomic mass is 9.74. The summed E-state index contributed by atoms with van der Waals surface area (Å²) in [7, 11) is 0. The van der Waals surface area contributed by atoms with Gasteiger partial charge in [-0.25, -0.2) is 4.98 Å². The third kappa shape index (κ3) is 2.82. The van der Waals surface area contributed by atoms with E-state index in [9.17, 15) is 5.26 Å². The Kier molecular flexibility index (Phi) is 4.55. The maximum absolute atomic E-state index is 9.41. The SMILES string of the molecule is N#CCc1ccccc1C(c1ccccc1)(c1ccccc1)n1ccnc1. The highest BCUT2D eigenvalue weighted by molar-refractivity contribution is 5.53. The minimum atomic E-state index is -0.605. The zero-order valence-corrected chi connectivity index (χ0v) is 14.9. The molecular weight excluding hydrogens is 330 g/mol. The summed E-state index contributed by atoms with van der Waals surface area (Å²) < 4.78 is 2.13. The largest absolute Gasteiger partial charge is 0.319 e. The molecule has 0 bridgehead atoms. The lowest BCUT2D eigenvalue weighted by molar-refractivity contribution is 0.511. The van der Waals surface area contributed by atoms with Gasteiger partial charge in [0, 0.05) is 12.4 Å². The van der Waals surface area contributed by atoms with Crippen molar-refractivity contribution >= 4 is 0 Å². The van der Waals surface area contributed by atoms with E-state index in [-0.39, 0.29) is 0 Å². The molecule has 0 spiro atoms. The van der Waals surface area contributed by atoms with Gasteiger partial charge in [0.15, 0.2) is 0 Å². The average molecular weight is 349 g/mol. The highest BCUT2D eigenvalue weighted by Crippen LogP contribution is 2.42. The van der Waals surface area contributed by atoms with Crippen LogP contribution in [0.25, 0.3) is 0 Å². The number of hydrogen-bond acceptors (Lipinski definition) is 2. The molecule has 0 unspecified atom stereocenters. The van der Waals surface area contributed by atoms with E-state index in [4.69, 9.17) is 0 Å². The monoisotopic (exact) mass is 349 g/mol. The zero-order valence-electron chi connectivity index (χ0n) is 14.9. The van der Waals surface area contributed by atoms with E-state index in [2.05, 4.69) is 70.2 Å². The van der Waals surface area contributed by atoms with Crippen LogP contribution < -0.4 is 0 Å². The molecular formula is C24H19N3. The van der Waals surface area contributed by atoms with Crippen molar-refractivity contribution in [3.05, 3.63) is 126 Å². The van der Waals surface area contributed by atoms with E-state index in [0.29, 0.717) is 6.42 Å². The van der Waals surface area contributed by atoms with Crippen LogP contribution in [0.5, 0.6) is 0 Å². The lowest BCUT2D eigenvalue weighted by Crippen LogP contribution is -2.37. The van der Waals surface area contributed by atoms with E-state index in [0.717, 1.165) is 22.3 Å². The van der Waals surface area contributed by atoms with Gasteiger partial charge in [-0.15, -0.1) is 0 Å². The normalized spacial score (nSPS) is 11.1. The van der Waals surface area contributed by atoms with Crippen LogP contribution in [0, 0.1) is 11.3 Å². The summed E-state index contributed by atoms with van der Waals surface area (Å²) in [5, 5.41) is 9.41. The van der Waals surface area contributed by atoms with Crippen LogP contribution >= 0.6 is 0 Å². The molecule has 0 N–H and O–H groups in total. The van der Waals surface area contributed by atoms with Gasteiger partial charge in [-0.2, -0.15) is 5.26 Å². The second-order valence-corrected chi connectivity index (χ2v) is 6.40. The fourth-order valence-electron chi connectivity index (χ4n) is 3.84. The second-order valence-electron chi connectivity index (χ2n) is 6.40. The van der Waals surface area contributed by atoms with Crippen LogP contribution in [0.2, 0.25) is 0 Å². The van der Waals surface area contributed by atoms with Crippen molar-refractivity contribution in [3.63, 3.8) is 0 Å². The summed E-state index contributed by atoms with van der Waals surface area (Å²) in [6, 6.07) is 31.3. The number of benzene rings is 3. The highest BCUT2D eigenvalue weighted by Gasteiger charge is 2.39. The van der Waals surface area contributed by atoms with Crippen LogP contribution in [0.15, 0.2) is 104 Å². The summed E-state index contributed by atoms with van der Waals surface area (Å²) in [6.07, 6.45) is 5.99. The van der Waals surface area contributed by atoms with Crippen LogP contribution in [0.3, 0.4) is 0 Å². The Labute approximate surface area is 159 Å². The molecule has 27 heavy (non-hydrogen) atoms. The summed E-state index contributed by atoms with van der Waals surface area (Å²) >= 11 is 0. The van der Waals surface area contributed by atoms with E-state index in [1.54, 1.807) is 6.20 Å². The molecule has 0 atom stereocenters. The molecule has 0 fully saturated rings. The first-order valence-corrected chi connectivity index (χ1v) is 8.92. The first kappa shape index (κ1) is 16.8. The predicted molar refractivity (Wildman–Crippen MR) is 106 cm³/mol.